The van der Waals surface area contributed by atoms with Crippen molar-refractivity contribution in [2.24, 2.45) is 0 Å². The Morgan fingerprint density at radius 2 is 2.27 bits per heavy atom. The summed E-state index contributed by atoms with van der Waals surface area (Å²) in [6.45, 7) is 6.11. The highest BCUT2D eigenvalue weighted by Gasteiger charge is 2.27. The zero-order chi connectivity index (χ0) is 17.8. The van der Waals surface area contributed by atoms with Crippen molar-refractivity contribution < 1.29 is 9.32 Å². The number of carbonyl (C=O) groups is 1. The number of aromatic nitrogens is 1. The van der Waals surface area contributed by atoms with Crippen molar-refractivity contribution >= 4 is 41.7 Å². The first-order chi connectivity index (χ1) is 12.1. The van der Waals surface area contributed by atoms with Crippen molar-refractivity contribution in [1.82, 2.24) is 15.4 Å². The monoisotopic (exact) mass is 415 g/mol. The van der Waals surface area contributed by atoms with Crippen LogP contribution in [0.2, 0.25) is 5.02 Å². The van der Waals surface area contributed by atoms with Gasteiger partial charge < -0.3 is 14.7 Å². The molecule has 2 aromatic rings. The molecule has 2 heterocycles. The molecule has 1 aromatic carbocycles. The van der Waals surface area contributed by atoms with Gasteiger partial charge in [-0.3, -0.25) is 4.79 Å². The van der Waals surface area contributed by atoms with Gasteiger partial charge in [-0.2, -0.15) is 0 Å². The van der Waals surface area contributed by atoms with Crippen LogP contribution in [0.15, 0.2) is 28.8 Å². The molecule has 1 aromatic heterocycles. The van der Waals surface area contributed by atoms with E-state index in [1.807, 2.05) is 43.0 Å². The Morgan fingerprint density at radius 1 is 1.46 bits per heavy atom. The van der Waals surface area contributed by atoms with Crippen LogP contribution in [0.5, 0.6) is 0 Å². The third-order valence-electron chi connectivity index (χ3n) is 4.45. The van der Waals surface area contributed by atoms with E-state index in [1.54, 1.807) is 11.8 Å². The van der Waals surface area contributed by atoms with Crippen molar-refractivity contribution in [3.05, 3.63) is 51.9 Å². The molecule has 0 spiro atoms. The summed E-state index contributed by atoms with van der Waals surface area (Å²) in [6, 6.07) is 7.78. The summed E-state index contributed by atoms with van der Waals surface area (Å²) >= 11 is 7.72. The van der Waals surface area contributed by atoms with Gasteiger partial charge in [0.05, 0.1) is 17.5 Å². The maximum absolute atomic E-state index is 12.8. The van der Waals surface area contributed by atoms with E-state index < -0.39 is 0 Å². The number of piperazine rings is 1. The maximum atomic E-state index is 12.8. The van der Waals surface area contributed by atoms with E-state index in [0.717, 1.165) is 41.4 Å². The first-order valence-electron chi connectivity index (χ1n) is 8.31. The van der Waals surface area contributed by atoms with Crippen molar-refractivity contribution in [3.63, 3.8) is 0 Å². The van der Waals surface area contributed by atoms with Crippen LogP contribution >= 0.6 is 35.8 Å². The fourth-order valence-electron chi connectivity index (χ4n) is 3.05. The molecule has 8 heteroatoms. The lowest BCUT2D eigenvalue weighted by Gasteiger charge is -2.36. The number of benzene rings is 1. The van der Waals surface area contributed by atoms with Crippen molar-refractivity contribution in [1.29, 1.82) is 0 Å². The van der Waals surface area contributed by atoms with E-state index in [4.69, 9.17) is 16.1 Å². The van der Waals surface area contributed by atoms with Crippen molar-refractivity contribution in [3.8, 4) is 0 Å². The highest BCUT2D eigenvalue weighted by Crippen LogP contribution is 2.26. The average Bonchev–Trinajstić information content (AvgIpc) is 2.93. The Balaban J connectivity index is 0.00000243. The maximum Gasteiger partial charge on any atom is 0.233 e. The first-order valence-corrected chi connectivity index (χ1v) is 9.84. The van der Waals surface area contributed by atoms with Crippen molar-refractivity contribution in [2.45, 2.75) is 25.6 Å². The number of nitrogens with zero attached hydrogens (tertiary/aromatic N) is 2. The number of rotatable bonds is 5. The molecule has 0 saturated carbocycles. The smallest absolute Gasteiger partial charge is 0.233 e. The van der Waals surface area contributed by atoms with Gasteiger partial charge in [-0.25, -0.2) is 0 Å². The molecule has 1 unspecified atom stereocenters. The number of halogens is 2. The van der Waals surface area contributed by atoms with Crippen LogP contribution in [-0.2, 0) is 10.5 Å². The van der Waals surface area contributed by atoms with Gasteiger partial charge >= 0.3 is 0 Å². The second-order valence-corrected chi connectivity index (χ2v) is 7.58. The minimum Gasteiger partial charge on any atom is -0.361 e. The van der Waals surface area contributed by atoms with Crippen LogP contribution in [0, 0.1) is 13.8 Å². The van der Waals surface area contributed by atoms with Gasteiger partial charge in [0.1, 0.15) is 5.76 Å². The molecule has 0 bridgehead atoms. The number of thioether (sulfide) groups is 1. The minimum absolute atomic E-state index is 0. The lowest BCUT2D eigenvalue weighted by atomic mass is 10.0. The molecule has 142 valence electrons. The van der Waals surface area contributed by atoms with Gasteiger partial charge in [-0.05, 0) is 31.5 Å². The molecule has 26 heavy (non-hydrogen) atoms. The lowest BCUT2D eigenvalue weighted by Crippen LogP contribution is -2.49. The van der Waals surface area contributed by atoms with Crippen LogP contribution in [-0.4, -0.2) is 41.4 Å². The molecule has 1 atom stereocenters. The topological polar surface area (TPSA) is 58.4 Å². The van der Waals surface area contributed by atoms with E-state index in [1.165, 1.54) is 0 Å². The summed E-state index contributed by atoms with van der Waals surface area (Å²) in [5.74, 6) is 2.17. The molecule has 1 aliphatic rings. The Hall–Kier alpha value is -1.21. The summed E-state index contributed by atoms with van der Waals surface area (Å²) in [7, 11) is 0. The standard InChI is InChI=1S/C18H22ClN3O2S.ClH/c1-12-16(13(2)24-21-12)10-25-11-18(23)22-7-6-20-9-17(22)14-4-3-5-15(19)8-14;/h3-5,8,17,20H,6-7,9-11H2,1-2H3;1H. The van der Waals surface area contributed by atoms with Gasteiger partial charge in [0, 0.05) is 36.0 Å². The summed E-state index contributed by atoms with van der Waals surface area (Å²) in [5.41, 5.74) is 3.06. The predicted molar refractivity (Wildman–Crippen MR) is 108 cm³/mol. The summed E-state index contributed by atoms with van der Waals surface area (Å²) in [5, 5.41) is 8.02. The number of hydrogen-bond donors (Lipinski definition) is 1. The molecule has 1 fully saturated rings. The van der Waals surface area contributed by atoms with E-state index >= 15 is 0 Å². The Labute approximate surface area is 169 Å². The predicted octanol–water partition coefficient (Wildman–Crippen LogP) is 3.77. The fourth-order valence-corrected chi connectivity index (χ4v) is 4.30. The van der Waals surface area contributed by atoms with Crippen LogP contribution in [0.4, 0.5) is 0 Å². The molecular weight excluding hydrogens is 393 g/mol. The fraction of sp³-hybridized carbons (Fsp3) is 0.444. The normalized spacial score (nSPS) is 17.0. The van der Waals surface area contributed by atoms with E-state index in [-0.39, 0.29) is 24.4 Å². The largest absolute Gasteiger partial charge is 0.361 e. The summed E-state index contributed by atoms with van der Waals surface area (Å²) < 4.78 is 5.18. The third-order valence-corrected chi connectivity index (χ3v) is 5.63. The molecule has 1 amide bonds. The number of amides is 1. The van der Waals surface area contributed by atoms with E-state index in [0.29, 0.717) is 17.3 Å². The average molecular weight is 416 g/mol. The van der Waals surface area contributed by atoms with Crippen LogP contribution < -0.4 is 5.32 Å². The van der Waals surface area contributed by atoms with Crippen LogP contribution in [0.1, 0.15) is 28.6 Å². The van der Waals surface area contributed by atoms with Gasteiger partial charge in [0.25, 0.3) is 0 Å². The second kappa shape index (κ2) is 9.65. The quantitative estimate of drug-likeness (QED) is 0.804. The van der Waals surface area contributed by atoms with Gasteiger partial charge in [-0.15, -0.1) is 24.2 Å². The van der Waals surface area contributed by atoms with Crippen molar-refractivity contribution in [2.75, 3.05) is 25.4 Å². The summed E-state index contributed by atoms with van der Waals surface area (Å²) in [4.78, 5) is 14.7. The first kappa shape index (κ1) is 21.1. The zero-order valence-electron chi connectivity index (χ0n) is 14.8. The molecule has 0 radical (unpaired) electrons. The zero-order valence-corrected chi connectivity index (χ0v) is 17.2. The Bertz CT molecular complexity index is 734. The molecule has 0 aliphatic carbocycles. The molecular formula is C18H23Cl2N3O2S. The van der Waals surface area contributed by atoms with Crippen LogP contribution in [0.3, 0.4) is 0 Å². The molecule has 3 rings (SSSR count). The number of carbonyl (C=O) groups excluding carboxylic acids is 1. The molecule has 1 saturated heterocycles. The second-order valence-electron chi connectivity index (χ2n) is 6.16. The number of hydrogen-bond acceptors (Lipinski definition) is 5. The van der Waals surface area contributed by atoms with Crippen LogP contribution in [0.25, 0.3) is 0 Å². The Morgan fingerprint density at radius 3 is 2.96 bits per heavy atom. The SMILES string of the molecule is Cc1noc(C)c1CSCC(=O)N1CCNCC1c1cccc(Cl)c1.Cl. The van der Waals surface area contributed by atoms with E-state index in [2.05, 4.69) is 10.5 Å². The number of nitrogens with one attached hydrogen (secondary N) is 1. The highest BCUT2D eigenvalue weighted by molar-refractivity contribution is 7.99. The molecule has 5 nitrogen and oxygen atoms in total. The van der Waals surface area contributed by atoms with Gasteiger partial charge in [0.15, 0.2) is 0 Å². The van der Waals surface area contributed by atoms with Gasteiger partial charge in [-0.1, -0.05) is 28.9 Å². The Kier molecular flexibility index (Phi) is 7.83. The summed E-state index contributed by atoms with van der Waals surface area (Å²) in [6.07, 6.45) is 0. The molecule has 1 aliphatic heterocycles. The third kappa shape index (κ3) is 4.94. The molecule has 1 N–H and O–H groups in total. The highest BCUT2D eigenvalue weighted by atomic mass is 35.5. The lowest BCUT2D eigenvalue weighted by molar-refractivity contribution is -0.131. The number of aryl methyl sites for hydroxylation is 2. The minimum atomic E-state index is 0. The van der Waals surface area contributed by atoms with Gasteiger partial charge in [0.2, 0.25) is 5.91 Å². The van der Waals surface area contributed by atoms with E-state index in [9.17, 15) is 4.79 Å².